The summed E-state index contributed by atoms with van der Waals surface area (Å²) >= 11 is 0. The highest BCUT2D eigenvalue weighted by molar-refractivity contribution is 5.70. The molecular formula is C7H12FNO2. The number of ether oxygens (including phenoxy) is 1. The second kappa shape index (κ2) is 2.68. The maximum Gasteiger partial charge on any atom is 0.410 e. The Balaban J connectivity index is 2.65. The number of nitrogens with zero attached hydrogens (tertiary/aromatic N) is 1. The van der Waals surface area contributed by atoms with Gasteiger partial charge in [0, 0.05) is 0 Å². The predicted molar refractivity (Wildman–Crippen MR) is 38.1 cm³/mol. The molecule has 4 heteroatoms. The monoisotopic (exact) mass is 161 g/mol. The van der Waals surface area contributed by atoms with E-state index in [2.05, 4.69) is 4.74 Å². The van der Waals surface area contributed by atoms with Crippen molar-refractivity contribution in [3.63, 3.8) is 0 Å². The minimum Gasteiger partial charge on any atom is -0.448 e. The van der Waals surface area contributed by atoms with Crippen molar-refractivity contribution < 1.29 is 13.9 Å². The summed E-state index contributed by atoms with van der Waals surface area (Å²) in [5.74, 6) is 0. The zero-order chi connectivity index (χ0) is 8.48. The van der Waals surface area contributed by atoms with Gasteiger partial charge in [0.1, 0.15) is 13.3 Å². The summed E-state index contributed by atoms with van der Waals surface area (Å²) in [6.07, 6.45) is -0.410. The summed E-state index contributed by atoms with van der Waals surface area (Å²) in [6.45, 7) is 3.69. The maximum atomic E-state index is 12.3. The Morgan fingerprint density at radius 3 is 2.73 bits per heavy atom. The number of rotatable bonds is 2. The van der Waals surface area contributed by atoms with Crippen molar-refractivity contribution in [2.45, 2.75) is 19.4 Å². The smallest absolute Gasteiger partial charge is 0.410 e. The largest absolute Gasteiger partial charge is 0.448 e. The van der Waals surface area contributed by atoms with Crippen LogP contribution in [0.5, 0.6) is 0 Å². The van der Waals surface area contributed by atoms with E-state index < -0.39 is 18.3 Å². The fourth-order valence-corrected chi connectivity index (χ4v) is 1.02. The van der Waals surface area contributed by atoms with Crippen molar-refractivity contribution in [2.75, 3.05) is 19.8 Å². The number of carbonyl (C=O) groups excluding carboxylic acids is 1. The third-order valence-electron chi connectivity index (χ3n) is 1.82. The van der Waals surface area contributed by atoms with Gasteiger partial charge in [0.2, 0.25) is 0 Å². The fourth-order valence-electron chi connectivity index (χ4n) is 1.02. The highest BCUT2D eigenvalue weighted by Gasteiger charge is 2.35. The Morgan fingerprint density at radius 1 is 1.73 bits per heavy atom. The van der Waals surface area contributed by atoms with Crippen molar-refractivity contribution in [1.82, 2.24) is 4.90 Å². The van der Waals surface area contributed by atoms with Crippen LogP contribution in [0.1, 0.15) is 13.8 Å². The molecule has 0 atom stereocenters. The average molecular weight is 161 g/mol. The van der Waals surface area contributed by atoms with Crippen molar-refractivity contribution in [3.05, 3.63) is 0 Å². The molecule has 1 aliphatic heterocycles. The summed E-state index contributed by atoms with van der Waals surface area (Å²) < 4.78 is 17.0. The Morgan fingerprint density at radius 2 is 2.36 bits per heavy atom. The molecule has 0 spiro atoms. The van der Waals surface area contributed by atoms with Crippen LogP contribution in [0.25, 0.3) is 0 Å². The lowest BCUT2D eigenvalue weighted by Crippen LogP contribution is -2.46. The number of alkyl halides is 1. The van der Waals surface area contributed by atoms with E-state index in [1.807, 2.05) is 0 Å². The van der Waals surface area contributed by atoms with E-state index in [0.717, 1.165) is 0 Å². The molecule has 11 heavy (non-hydrogen) atoms. The molecule has 64 valence electrons. The van der Waals surface area contributed by atoms with Crippen molar-refractivity contribution in [2.24, 2.45) is 0 Å². The summed E-state index contributed by atoms with van der Waals surface area (Å²) in [7, 11) is 0. The Hall–Kier alpha value is -0.800. The Kier molecular flexibility index (Phi) is 2.02. The number of amides is 1. The standard InChI is InChI=1S/C7H12FNO2/c1-7(2,5-8)9-3-4-11-6(9)10/h3-5H2,1-2H3. The molecule has 0 bridgehead atoms. The van der Waals surface area contributed by atoms with Crippen LogP contribution in [0.2, 0.25) is 0 Å². The number of carbonyl (C=O) groups is 1. The first-order chi connectivity index (χ1) is 5.08. The molecule has 1 aliphatic rings. The predicted octanol–water partition coefficient (Wildman–Crippen LogP) is 1.19. The summed E-state index contributed by atoms with van der Waals surface area (Å²) in [6, 6.07) is 0. The number of cyclic esters (lactones) is 1. The third-order valence-corrected chi connectivity index (χ3v) is 1.82. The molecule has 1 fully saturated rings. The SMILES string of the molecule is CC(C)(CF)N1CCOC1=O. The molecule has 0 radical (unpaired) electrons. The second-order valence-corrected chi connectivity index (χ2v) is 3.21. The van der Waals surface area contributed by atoms with E-state index in [9.17, 15) is 9.18 Å². The molecule has 1 heterocycles. The van der Waals surface area contributed by atoms with Gasteiger partial charge in [-0.25, -0.2) is 9.18 Å². The van der Waals surface area contributed by atoms with Gasteiger partial charge in [-0.1, -0.05) is 0 Å². The lowest BCUT2D eigenvalue weighted by Gasteiger charge is -2.30. The molecule has 0 saturated carbocycles. The van der Waals surface area contributed by atoms with Crippen LogP contribution in [0.15, 0.2) is 0 Å². The van der Waals surface area contributed by atoms with Crippen molar-refractivity contribution in [3.8, 4) is 0 Å². The quantitative estimate of drug-likeness (QED) is 0.608. The van der Waals surface area contributed by atoms with E-state index in [-0.39, 0.29) is 0 Å². The molecule has 1 rings (SSSR count). The third kappa shape index (κ3) is 1.44. The first-order valence-electron chi connectivity index (χ1n) is 3.58. The molecule has 0 unspecified atom stereocenters. The van der Waals surface area contributed by atoms with Gasteiger partial charge >= 0.3 is 6.09 Å². The topological polar surface area (TPSA) is 29.5 Å². The fraction of sp³-hybridized carbons (Fsp3) is 0.857. The maximum absolute atomic E-state index is 12.3. The van der Waals surface area contributed by atoms with Crippen LogP contribution in [-0.4, -0.2) is 36.4 Å². The van der Waals surface area contributed by atoms with Gasteiger partial charge in [0.05, 0.1) is 12.1 Å². The van der Waals surface area contributed by atoms with E-state index >= 15 is 0 Å². The Labute approximate surface area is 65.1 Å². The molecule has 0 aromatic carbocycles. The van der Waals surface area contributed by atoms with Gasteiger partial charge < -0.3 is 4.74 Å². The summed E-state index contributed by atoms with van der Waals surface area (Å²) in [4.78, 5) is 12.3. The number of halogens is 1. The molecule has 3 nitrogen and oxygen atoms in total. The first kappa shape index (κ1) is 8.30. The molecule has 0 aliphatic carbocycles. The molecule has 0 N–H and O–H groups in total. The van der Waals surface area contributed by atoms with Gasteiger partial charge in [0.25, 0.3) is 0 Å². The van der Waals surface area contributed by atoms with E-state index in [4.69, 9.17) is 0 Å². The Bertz CT molecular complexity index is 170. The van der Waals surface area contributed by atoms with Crippen molar-refractivity contribution >= 4 is 6.09 Å². The highest BCUT2D eigenvalue weighted by atomic mass is 19.1. The highest BCUT2D eigenvalue weighted by Crippen LogP contribution is 2.19. The van der Waals surface area contributed by atoms with Crippen LogP contribution in [0.3, 0.4) is 0 Å². The van der Waals surface area contributed by atoms with Gasteiger partial charge in [-0.3, -0.25) is 4.90 Å². The zero-order valence-electron chi connectivity index (χ0n) is 6.76. The molecule has 1 amide bonds. The van der Waals surface area contributed by atoms with Crippen molar-refractivity contribution in [1.29, 1.82) is 0 Å². The van der Waals surface area contributed by atoms with Gasteiger partial charge in [-0.2, -0.15) is 0 Å². The summed E-state index contributed by atoms with van der Waals surface area (Å²) in [5.41, 5.74) is -0.715. The lowest BCUT2D eigenvalue weighted by atomic mass is 10.1. The molecular weight excluding hydrogens is 149 g/mol. The number of hydrogen-bond acceptors (Lipinski definition) is 2. The van der Waals surface area contributed by atoms with E-state index in [0.29, 0.717) is 13.2 Å². The zero-order valence-corrected chi connectivity index (χ0v) is 6.76. The molecule has 0 aromatic heterocycles. The van der Waals surface area contributed by atoms with E-state index in [1.54, 1.807) is 13.8 Å². The second-order valence-electron chi connectivity index (χ2n) is 3.21. The number of hydrogen-bond donors (Lipinski definition) is 0. The molecule has 0 aromatic rings. The average Bonchev–Trinajstić information content (AvgIpc) is 2.36. The van der Waals surface area contributed by atoms with E-state index in [1.165, 1.54) is 4.90 Å². The lowest BCUT2D eigenvalue weighted by molar-refractivity contribution is 0.111. The van der Waals surface area contributed by atoms with Crippen LogP contribution >= 0.6 is 0 Å². The van der Waals surface area contributed by atoms with Crippen LogP contribution in [-0.2, 0) is 4.74 Å². The normalized spacial score (nSPS) is 18.8. The molecule has 1 saturated heterocycles. The summed E-state index contributed by atoms with van der Waals surface area (Å²) in [5, 5.41) is 0. The minimum absolute atomic E-state index is 0.377. The minimum atomic E-state index is -0.715. The van der Waals surface area contributed by atoms with Crippen LogP contribution in [0.4, 0.5) is 9.18 Å². The van der Waals surface area contributed by atoms with Gasteiger partial charge in [-0.05, 0) is 13.8 Å². The van der Waals surface area contributed by atoms with Gasteiger partial charge in [0.15, 0.2) is 0 Å². The van der Waals surface area contributed by atoms with Crippen LogP contribution < -0.4 is 0 Å². The van der Waals surface area contributed by atoms with Crippen LogP contribution in [0, 0.1) is 0 Å². The van der Waals surface area contributed by atoms with Gasteiger partial charge in [-0.15, -0.1) is 0 Å². The first-order valence-corrected chi connectivity index (χ1v) is 3.58.